The number of hydrogen-bond donors (Lipinski definition) is 2. The molecular weight excluding hydrogens is 440 g/mol. The zero-order chi connectivity index (χ0) is 23.4. The summed E-state index contributed by atoms with van der Waals surface area (Å²) < 4.78 is 33.1. The van der Waals surface area contributed by atoms with Gasteiger partial charge >= 0.3 is 5.97 Å². The molecule has 2 fully saturated rings. The third kappa shape index (κ3) is 5.48. The number of carbonyl (C=O) groups is 1. The maximum Gasteiger partial charge on any atom is 0.335 e. The molecule has 2 aliphatic carbocycles. The van der Waals surface area contributed by atoms with E-state index in [4.69, 9.17) is 9.84 Å². The van der Waals surface area contributed by atoms with Gasteiger partial charge in [0.05, 0.1) is 18.4 Å². The first-order valence-electron chi connectivity index (χ1n) is 11.3. The number of nitrogens with one attached hydrogen (secondary N) is 1. The lowest BCUT2D eigenvalue weighted by Crippen LogP contribution is -2.14. The van der Waals surface area contributed by atoms with E-state index in [0.717, 1.165) is 24.7 Å². The van der Waals surface area contributed by atoms with Crippen LogP contribution in [0.3, 0.4) is 0 Å². The highest BCUT2D eigenvalue weighted by Gasteiger charge is 2.31. The maximum atomic E-state index is 12.8. The minimum absolute atomic E-state index is 0.00350. The van der Waals surface area contributed by atoms with Gasteiger partial charge in [-0.2, -0.15) is 0 Å². The Balaban J connectivity index is 1.42. The third-order valence-electron chi connectivity index (χ3n) is 6.68. The molecule has 2 saturated carbocycles. The molecule has 2 aromatic rings. The van der Waals surface area contributed by atoms with Crippen LogP contribution in [0.15, 0.2) is 41.4 Å². The van der Waals surface area contributed by atoms with E-state index >= 15 is 0 Å². The number of rotatable bonds is 6. The van der Waals surface area contributed by atoms with Crippen LogP contribution in [0.4, 0.5) is 5.69 Å². The van der Waals surface area contributed by atoms with E-state index in [1.165, 1.54) is 69.7 Å². The predicted octanol–water partition coefficient (Wildman–Crippen LogP) is 4.55. The van der Waals surface area contributed by atoms with Gasteiger partial charge in [0, 0.05) is 12.1 Å². The first kappa shape index (κ1) is 23.1. The molecular formula is C25H28N2O5S. The molecule has 2 unspecified atom stereocenters. The summed E-state index contributed by atoms with van der Waals surface area (Å²) in [6, 6.07) is 6.99. The molecule has 1 heterocycles. The topological polar surface area (TPSA) is 106 Å². The van der Waals surface area contributed by atoms with Crippen molar-refractivity contribution in [2.75, 3.05) is 11.8 Å². The molecule has 0 spiro atoms. The molecule has 0 aliphatic heterocycles. The van der Waals surface area contributed by atoms with Crippen LogP contribution in [0.5, 0.6) is 5.75 Å². The average Bonchev–Trinajstić information content (AvgIpc) is 3.50. The molecule has 1 aromatic heterocycles. The molecule has 1 aromatic carbocycles. The summed E-state index contributed by atoms with van der Waals surface area (Å²) in [5, 5.41) is 9.09. The van der Waals surface area contributed by atoms with E-state index in [-0.39, 0.29) is 21.9 Å². The number of methoxy groups -OCH3 is 1. The van der Waals surface area contributed by atoms with Crippen molar-refractivity contribution in [1.29, 1.82) is 0 Å². The lowest BCUT2D eigenvalue weighted by molar-refractivity contribution is 0.0696. The molecule has 2 aliphatic rings. The van der Waals surface area contributed by atoms with Crippen molar-refractivity contribution in [1.82, 2.24) is 4.98 Å². The Kier molecular flexibility index (Phi) is 6.89. The van der Waals surface area contributed by atoms with E-state index < -0.39 is 16.0 Å². The number of sulfonamides is 1. The molecule has 2 atom stereocenters. The summed E-state index contributed by atoms with van der Waals surface area (Å²) in [4.78, 5) is 15.3. The number of carboxylic acids is 1. The normalized spacial score (nSPS) is 20.8. The number of aromatic carboxylic acids is 1. The van der Waals surface area contributed by atoms with Crippen molar-refractivity contribution < 1.29 is 23.1 Å². The lowest BCUT2D eigenvalue weighted by Gasteiger charge is -2.16. The number of anilines is 1. The molecule has 0 bridgehead atoms. The van der Waals surface area contributed by atoms with Crippen molar-refractivity contribution in [2.24, 2.45) is 17.8 Å². The van der Waals surface area contributed by atoms with Crippen LogP contribution >= 0.6 is 0 Å². The lowest BCUT2D eigenvalue weighted by atomic mass is 9.89. The highest BCUT2D eigenvalue weighted by molar-refractivity contribution is 7.92. The number of carboxylic acid groups (broad SMARTS) is 1. The largest absolute Gasteiger partial charge is 0.495 e. The van der Waals surface area contributed by atoms with Gasteiger partial charge in [-0.1, -0.05) is 31.6 Å². The van der Waals surface area contributed by atoms with Crippen LogP contribution in [-0.4, -0.2) is 31.6 Å². The number of nitrogens with zero attached hydrogens (tertiary/aromatic N) is 1. The predicted molar refractivity (Wildman–Crippen MR) is 125 cm³/mol. The monoisotopic (exact) mass is 468 g/mol. The molecule has 0 saturated heterocycles. The molecule has 2 N–H and O–H groups in total. The van der Waals surface area contributed by atoms with Gasteiger partial charge in [0.15, 0.2) is 0 Å². The van der Waals surface area contributed by atoms with Gasteiger partial charge in [-0.25, -0.2) is 18.2 Å². The van der Waals surface area contributed by atoms with Crippen molar-refractivity contribution in [3.05, 3.63) is 47.8 Å². The van der Waals surface area contributed by atoms with E-state index in [2.05, 4.69) is 21.5 Å². The van der Waals surface area contributed by atoms with Gasteiger partial charge in [-0.15, -0.1) is 0 Å². The summed E-state index contributed by atoms with van der Waals surface area (Å²) in [6.45, 7) is 0. The summed E-state index contributed by atoms with van der Waals surface area (Å²) in [7, 11) is -2.59. The minimum atomic E-state index is -3.93. The SMILES string of the molecule is COc1cc(C(=O)O)ccc1NS(=O)(=O)c1ccc(C#CC2CCC(C3CCCC3)C2)nc1. The molecule has 0 amide bonds. The van der Waals surface area contributed by atoms with Crippen molar-refractivity contribution in [2.45, 2.75) is 49.8 Å². The van der Waals surface area contributed by atoms with E-state index in [0.29, 0.717) is 11.6 Å². The van der Waals surface area contributed by atoms with Crippen LogP contribution in [0.25, 0.3) is 0 Å². The van der Waals surface area contributed by atoms with Gasteiger partial charge < -0.3 is 9.84 Å². The van der Waals surface area contributed by atoms with Gasteiger partial charge in [-0.05, 0) is 67.4 Å². The summed E-state index contributed by atoms with van der Waals surface area (Å²) in [5.74, 6) is 7.51. The van der Waals surface area contributed by atoms with Gasteiger partial charge in [-0.3, -0.25) is 4.72 Å². The molecule has 8 heteroatoms. The quantitative estimate of drug-likeness (QED) is 0.603. The third-order valence-corrected chi connectivity index (χ3v) is 8.03. The molecule has 4 rings (SSSR count). The zero-order valence-electron chi connectivity index (χ0n) is 18.6. The summed E-state index contributed by atoms with van der Waals surface area (Å²) >= 11 is 0. The Morgan fingerprint density at radius 1 is 1.12 bits per heavy atom. The molecule has 33 heavy (non-hydrogen) atoms. The number of aromatic nitrogens is 1. The Morgan fingerprint density at radius 3 is 2.58 bits per heavy atom. The van der Waals surface area contributed by atoms with Gasteiger partial charge in [0.2, 0.25) is 0 Å². The van der Waals surface area contributed by atoms with Crippen LogP contribution in [-0.2, 0) is 10.0 Å². The Bertz CT molecular complexity index is 1180. The van der Waals surface area contributed by atoms with Crippen LogP contribution < -0.4 is 9.46 Å². The highest BCUT2D eigenvalue weighted by Crippen LogP contribution is 2.42. The number of ether oxygens (including phenoxy) is 1. The maximum absolute atomic E-state index is 12.8. The Labute approximate surface area is 194 Å². The van der Waals surface area contributed by atoms with Crippen LogP contribution in [0, 0.1) is 29.6 Å². The van der Waals surface area contributed by atoms with Gasteiger partial charge in [0.25, 0.3) is 10.0 Å². The first-order chi connectivity index (χ1) is 15.9. The van der Waals surface area contributed by atoms with Crippen LogP contribution in [0.1, 0.15) is 61.0 Å². The second-order valence-corrected chi connectivity index (χ2v) is 10.5. The fourth-order valence-corrected chi connectivity index (χ4v) is 5.92. The van der Waals surface area contributed by atoms with E-state index in [1.54, 1.807) is 6.07 Å². The standard InChI is InChI=1S/C25H28N2O5S/c1-32-24-15-20(25(28)29)9-13-23(24)27-33(30,31)22-12-11-21(26-16-22)10-7-17-6-8-19(14-17)18-4-2-3-5-18/h9,11-13,15-19,27H,2-6,8,14H2,1H3,(H,28,29). The minimum Gasteiger partial charge on any atom is -0.495 e. The van der Waals surface area contributed by atoms with Crippen molar-refractivity contribution in [3.63, 3.8) is 0 Å². The summed E-state index contributed by atoms with van der Waals surface area (Å²) in [6.07, 6.45) is 10.3. The smallest absolute Gasteiger partial charge is 0.335 e. The number of pyridine rings is 1. The molecule has 174 valence electrons. The first-order valence-corrected chi connectivity index (χ1v) is 12.8. The van der Waals surface area contributed by atoms with Gasteiger partial charge in [0.1, 0.15) is 16.3 Å². The van der Waals surface area contributed by atoms with Crippen molar-refractivity contribution in [3.8, 4) is 17.6 Å². The summed E-state index contributed by atoms with van der Waals surface area (Å²) in [5.41, 5.74) is 0.683. The Hall–Kier alpha value is -3.05. The second-order valence-electron chi connectivity index (χ2n) is 8.79. The van der Waals surface area contributed by atoms with Crippen LogP contribution in [0.2, 0.25) is 0 Å². The zero-order valence-corrected chi connectivity index (χ0v) is 19.4. The molecule has 0 radical (unpaired) electrons. The van der Waals surface area contributed by atoms with E-state index in [9.17, 15) is 13.2 Å². The Morgan fingerprint density at radius 2 is 1.91 bits per heavy atom. The number of benzene rings is 1. The second kappa shape index (κ2) is 9.84. The average molecular weight is 469 g/mol. The fourth-order valence-electron chi connectivity index (χ4n) is 4.91. The molecule has 7 nitrogen and oxygen atoms in total. The van der Waals surface area contributed by atoms with Crippen molar-refractivity contribution >= 4 is 21.7 Å². The fraction of sp³-hybridized carbons (Fsp3) is 0.440. The highest BCUT2D eigenvalue weighted by atomic mass is 32.2. The van der Waals surface area contributed by atoms with E-state index in [1.807, 2.05) is 0 Å². The number of hydrogen-bond acceptors (Lipinski definition) is 5.